The molecule has 0 radical (unpaired) electrons. The van der Waals surface area contributed by atoms with Crippen molar-refractivity contribution in [3.8, 4) is 5.75 Å². The van der Waals surface area contributed by atoms with Gasteiger partial charge in [-0.1, -0.05) is 62.7 Å². The van der Waals surface area contributed by atoms with Crippen LogP contribution < -0.4 is 59.3 Å². The van der Waals surface area contributed by atoms with Crippen molar-refractivity contribution in [1.82, 2.24) is 47.9 Å². The molecule has 2 aromatic carbocycles. The Kier molecular flexibility index (Phi) is 28.2. The number of phenolic OH excluding ortho intramolecular Hbond substituents is 1. The first-order valence-electron chi connectivity index (χ1n) is 25.4. The third-order valence-electron chi connectivity index (χ3n) is 12.1. The molecule has 80 heavy (non-hydrogen) atoms. The van der Waals surface area contributed by atoms with Gasteiger partial charge in [-0.25, -0.2) is 4.79 Å². The zero-order valence-electron chi connectivity index (χ0n) is 44.8. The SMILES string of the molecule is CCC(C)C(NC(=O)C(C)NC(=O)CC(C)O)C(=O)NC(Cc1ccccc1)C(=O)NC(CCC(=O)O)C(=O)NC(CO)C(=O)NC(Cc1ccc(O)cc1)C(=O)NC(CC(N)=O)C(=O)NC(C)C(=O)NC(CCC(N)=O)C(=O)O. The molecule has 29 heteroatoms. The summed E-state index contributed by atoms with van der Waals surface area (Å²) >= 11 is 0. The number of carbonyl (C=O) groups is 13. The van der Waals surface area contributed by atoms with Gasteiger partial charge in [0.15, 0.2) is 0 Å². The monoisotopic (exact) mass is 1130 g/mol. The van der Waals surface area contributed by atoms with Gasteiger partial charge >= 0.3 is 11.9 Å². The van der Waals surface area contributed by atoms with E-state index < -0.39 is 188 Å². The molecule has 2 aromatic rings. The lowest BCUT2D eigenvalue weighted by atomic mass is 9.96. The summed E-state index contributed by atoms with van der Waals surface area (Å²) in [5.74, 6) is -14.9. The molecule has 2 rings (SSSR count). The summed E-state index contributed by atoms with van der Waals surface area (Å²) in [6.45, 7) is 6.06. The fourth-order valence-electron chi connectivity index (χ4n) is 7.46. The molecular weight excluding hydrogens is 1050 g/mol. The van der Waals surface area contributed by atoms with E-state index in [1.165, 1.54) is 38.1 Å². The fraction of sp³-hybridized carbons (Fsp3) is 0.510. The summed E-state index contributed by atoms with van der Waals surface area (Å²) in [6, 6.07) is -1.05. The number of carbonyl (C=O) groups excluding carboxylic acids is 11. The number of aromatic hydroxyl groups is 1. The Morgan fingerprint density at radius 1 is 0.487 bits per heavy atom. The molecule has 0 aliphatic heterocycles. The number of aliphatic carboxylic acids is 2. The molecule has 0 fully saturated rings. The lowest BCUT2D eigenvalue weighted by Gasteiger charge is -2.29. The highest BCUT2D eigenvalue weighted by molar-refractivity contribution is 5.99. The van der Waals surface area contributed by atoms with Crippen molar-refractivity contribution in [2.75, 3.05) is 6.61 Å². The molecule has 440 valence electrons. The summed E-state index contributed by atoms with van der Waals surface area (Å²) in [5, 5.41) is 70.1. The molecule has 11 unspecified atom stereocenters. The predicted molar refractivity (Wildman–Crippen MR) is 280 cm³/mol. The van der Waals surface area contributed by atoms with Gasteiger partial charge in [0.05, 0.1) is 25.6 Å². The van der Waals surface area contributed by atoms with Crippen LogP contribution in [0.4, 0.5) is 0 Å². The minimum absolute atomic E-state index is 0.193. The van der Waals surface area contributed by atoms with Gasteiger partial charge in [-0.15, -0.1) is 0 Å². The number of hydrogen-bond donors (Lipinski definition) is 16. The molecule has 0 heterocycles. The zero-order valence-corrected chi connectivity index (χ0v) is 44.8. The van der Waals surface area contributed by atoms with E-state index in [1.807, 2.05) is 0 Å². The van der Waals surface area contributed by atoms with Crippen molar-refractivity contribution in [1.29, 1.82) is 0 Å². The lowest BCUT2D eigenvalue weighted by Crippen LogP contribution is -2.61. The number of phenols is 1. The van der Waals surface area contributed by atoms with Gasteiger partial charge in [0.1, 0.15) is 60.1 Å². The first kappa shape index (κ1) is 67.4. The number of nitrogens with one attached hydrogen (secondary N) is 9. The molecular formula is C51H73N11O18. The van der Waals surface area contributed by atoms with E-state index in [-0.39, 0.29) is 24.2 Å². The number of benzene rings is 2. The number of aliphatic hydroxyl groups is 2. The van der Waals surface area contributed by atoms with Crippen molar-refractivity contribution in [2.45, 2.75) is 153 Å². The van der Waals surface area contributed by atoms with Gasteiger partial charge in [-0.3, -0.25) is 57.5 Å². The first-order valence-corrected chi connectivity index (χ1v) is 25.4. The lowest BCUT2D eigenvalue weighted by molar-refractivity contribution is -0.142. The van der Waals surface area contributed by atoms with Crippen LogP contribution in [-0.2, 0) is 75.2 Å². The third kappa shape index (κ3) is 24.3. The third-order valence-corrected chi connectivity index (χ3v) is 12.1. The van der Waals surface area contributed by atoms with Crippen molar-refractivity contribution in [2.24, 2.45) is 17.4 Å². The molecule has 0 saturated heterocycles. The summed E-state index contributed by atoms with van der Waals surface area (Å²) in [6.07, 6.45) is -4.65. The Morgan fingerprint density at radius 2 is 0.938 bits per heavy atom. The van der Waals surface area contributed by atoms with E-state index >= 15 is 0 Å². The molecule has 0 aromatic heterocycles. The Bertz CT molecular complexity index is 2520. The van der Waals surface area contributed by atoms with Crippen molar-refractivity contribution < 1.29 is 87.9 Å². The number of aliphatic hydroxyl groups excluding tert-OH is 2. The number of primary amides is 2. The molecule has 18 N–H and O–H groups in total. The van der Waals surface area contributed by atoms with Crippen LogP contribution in [0, 0.1) is 5.92 Å². The second-order valence-corrected chi connectivity index (χ2v) is 19.0. The van der Waals surface area contributed by atoms with Crippen LogP contribution in [0.15, 0.2) is 54.6 Å². The topological polar surface area (TPSA) is 483 Å². The van der Waals surface area contributed by atoms with Crippen LogP contribution in [-0.4, -0.2) is 170 Å². The second kappa shape index (κ2) is 33.5. The van der Waals surface area contributed by atoms with E-state index in [1.54, 1.807) is 44.2 Å². The quantitative estimate of drug-likeness (QED) is 0.0309. The Hall–Kier alpha value is -8.73. The van der Waals surface area contributed by atoms with Crippen LogP contribution in [0.25, 0.3) is 0 Å². The van der Waals surface area contributed by atoms with Crippen LogP contribution >= 0.6 is 0 Å². The molecule has 0 spiro atoms. The molecule has 0 saturated carbocycles. The largest absolute Gasteiger partial charge is 0.508 e. The maximum atomic E-state index is 14.2. The van der Waals surface area contributed by atoms with Gasteiger partial charge in [0.2, 0.25) is 65.0 Å². The molecule has 0 aliphatic rings. The van der Waals surface area contributed by atoms with E-state index in [0.29, 0.717) is 12.0 Å². The van der Waals surface area contributed by atoms with Gasteiger partial charge < -0.3 is 84.9 Å². The normalized spacial score (nSPS) is 15.0. The van der Waals surface area contributed by atoms with Gasteiger partial charge in [0.25, 0.3) is 0 Å². The summed E-state index contributed by atoms with van der Waals surface area (Å²) in [4.78, 5) is 169. The van der Waals surface area contributed by atoms with Crippen LogP contribution in [0.1, 0.15) is 90.7 Å². The number of amides is 11. The summed E-state index contributed by atoms with van der Waals surface area (Å²) in [7, 11) is 0. The van der Waals surface area contributed by atoms with E-state index in [2.05, 4.69) is 47.9 Å². The number of hydrogen-bond acceptors (Lipinski definition) is 16. The molecule has 29 nitrogen and oxygen atoms in total. The number of carboxylic acid groups (broad SMARTS) is 2. The van der Waals surface area contributed by atoms with E-state index in [0.717, 1.165) is 6.92 Å². The maximum Gasteiger partial charge on any atom is 0.326 e. The Labute approximate surface area is 459 Å². The predicted octanol–water partition coefficient (Wildman–Crippen LogP) is -4.52. The number of rotatable bonds is 35. The number of carboxylic acids is 2. The molecule has 11 amide bonds. The smallest absolute Gasteiger partial charge is 0.326 e. The summed E-state index contributed by atoms with van der Waals surface area (Å²) < 4.78 is 0. The highest BCUT2D eigenvalue weighted by Crippen LogP contribution is 2.14. The highest BCUT2D eigenvalue weighted by atomic mass is 16.4. The Morgan fingerprint density at radius 3 is 1.45 bits per heavy atom. The van der Waals surface area contributed by atoms with E-state index in [4.69, 9.17) is 11.5 Å². The molecule has 11 atom stereocenters. The minimum atomic E-state index is -1.96. The minimum Gasteiger partial charge on any atom is -0.508 e. The van der Waals surface area contributed by atoms with Crippen molar-refractivity contribution >= 4 is 76.9 Å². The van der Waals surface area contributed by atoms with E-state index in [9.17, 15) is 87.9 Å². The fourth-order valence-corrected chi connectivity index (χ4v) is 7.46. The van der Waals surface area contributed by atoms with Gasteiger partial charge in [-0.05, 0) is 62.8 Å². The van der Waals surface area contributed by atoms with Gasteiger partial charge in [0, 0.05) is 25.7 Å². The van der Waals surface area contributed by atoms with Crippen molar-refractivity contribution in [3.63, 3.8) is 0 Å². The molecule has 0 bridgehead atoms. The van der Waals surface area contributed by atoms with Crippen LogP contribution in [0.2, 0.25) is 0 Å². The first-order chi connectivity index (χ1) is 37.5. The van der Waals surface area contributed by atoms with Crippen LogP contribution in [0.5, 0.6) is 5.75 Å². The van der Waals surface area contributed by atoms with Crippen molar-refractivity contribution in [3.05, 3.63) is 65.7 Å². The maximum absolute atomic E-state index is 14.2. The van der Waals surface area contributed by atoms with Crippen LogP contribution in [0.3, 0.4) is 0 Å². The molecule has 0 aliphatic carbocycles. The number of nitrogens with two attached hydrogens (primary N) is 2. The average Bonchev–Trinajstić information content (AvgIpc) is 3.38. The second-order valence-electron chi connectivity index (χ2n) is 19.0. The zero-order chi connectivity index (χ0) is 60.4. The Balaban J connectivity index is 2.45. The average molecular weight is 1130 g/mol. The standard InChI is InChI=1S/C51H73N11O18/c1-6-25(2)42(62-44(72)27(4)54-40(68)20-26(3)64)50(78)60-35(21-29-10-8-7-9-11-29)47(75)56-32(17-19-41(69)70)45(73)61-37(24-63)49(77)58-34(22-30-12-14-31(65)15-13-30)48(76)59-36(23-39(53)67)46(74)55-28(5)43(71)57-33(51(79)80)16-18-38(52)66/h7-15,25-28,32-37,42,63-65H,6,16-24H2,1-5H3,(H2,52,66)(H2,53,67)(H,54,68)(H,55,74)(H,56,75)(H,57,71)(H,58,77)(H,59,76)(H,60,78)(H,61,73)(H,62,72)(H,69,70)(H,79,80). The summed E-state index contributed by atoms with van der Waals surface area (Å²) in [5.41, 5.74) is 11.2. The highest BCUT2D eigenvalue weighted by Gasteiger charge is 2.36. The van der Waals surface area contributed by atoms with Gasteiger partial charge in [-0.2, -0.15) is 0 Å².